The van der Waals surface area contributed by atoms with Crippen LogP contribution in [0.2, 0.25) is 0 Å². The van der Waals surface area contributed by atoms with Crippen LogP contribution in [-0.4, -0.2) is 40.9 Å². The summed E-state index contributed by atoms with van der Waals surface area (Å²) in [5, 5.41) is 29.8. The molecule has 1 saturated heterocycles. The molecule has 0 saturated carbocycles. The van der Waals surface area contributed by atoms with Gasteiger partial charge >= 0.3 is 0 Å². The van der Waals surface area contributed by atoms with E-state index in [1.807, 2.05) is 48.5 Å². The van der Waals surface area contributed by atoms with E-state index in [4.69, 9.17) is 5.26 Å². The number of aliphatic hydroxyl groups excluding tert-OH is 2. The van der Waals surface area contributed by atoms with E-state index in [1.165, 1.54) is 0 Å². The Labute approximate surface area is 149 Å². The van der Waals surface area contributed by atoms with Crippen molar-refractivity contribution in [2.45, 2.75) is 25.5 Å². The van der Waals surface area contributed by atoms with Crippen molar-refractivity contribution in [3.05, 3.63) is 71.3 Å². The van der Waals surface area contributed by atoms with Crippen LogP contribution < -0.4 is 0 Å². The number of aliphatic hydroxyl groups is 2. The summed E-state index contributed by atoms with van der Waals surface area (Å²) in [7, 11) is 0. The number of rotatable bonds is 5. The largest absolute Gasteiger partial charge is 0.396 e. The van der Waals surface area contributed by atoms with Crippen molar-refractivity contribution >= 4 is 0 Å². The highest BCUT2D eigenvalue weighted by atomic mass is 16.3. The number of likely N-dealkylation sites (tertiary alicyclic amines) is 1. The van der Waals surface area contributed by atoms with Crippen LogP contribution in [0.5, 0.6) is 0 Å². The fraction of sp³-hybridized carbons (Fsp3) is 0.381. The van der Waals surface area contributed by atoms with E-state index in [2.05, 4.69) is 11.0 Å². The van der Waals surface area contributed by atoms with Crippen molar-refractivity contribution in [1.29, 1.82) is 5.26 Å². The maximum Gasteiger partial charge on any atom is 0.0991 e. The highest BCUT2D eigenvalue weighted by Crippen LogP contribution is 2.34. The van der Waals surface area contributed by atoms with Crippen LogP contribution in [0.4, 0.5) is 0 Å². The first-order valence-electron chi connectivity index (χ1n) is 8.69. The molecule has 3 rings (SSSR count). The van der Waals surface area contributed by atoms with Gasteiger partial charge in [0, 0.05) is 25.0 Å². The maximum atomic E-state index is 10.6. The smallest absolute Gasteiger partial charge is 0.0991 e. The lowest BCUT2D eigenvalue weighted by Gasteiger charge is -2.45. The van der Waals surface area contributed by atoms with Gasteiger partial charge in [-0.15, -0.1) is 0 Å². The molecule has 2 aromatic rings. The minimum Gasteiger partial charge on any atom is -0.396 e. The highest BCUT2D eigenvalue weighted by Gasteiger charge is 2.42. The fourth-order valence-electron chi connectivity index (χ4n) is 3.76. The molecule has 4 nitrogen and oxygen atoms in total. The Balaban J connectivity index is 1.76. The molecule has 0 radical (unpaired) electrons. The topological polar surface area (TPSA) is 67.5 Å². The third-order valence-electron chi connectivity index (χ3n) is 5.14. The van der Waals surface area contributed by atoms with Gasteiger partial charge < -0.3 is 10.2 Å². The summed E-state index contributed by atoms with van der Waals surface area (Å²) in [6, 6.07) is 19.8. The van der Waals surface area contributed by atoms with Crippen LogP contribution in [0.25, 0.3) is 0 Å². The van der Waals surface area contributed by atoms with Gasteiger partial charge in [-0.25, -0.2) is 0 Å². The van der Waals surface area contributed by atoms with Crippen molar-refractivity contribution in [3.63, 3.8) is 0 Å². The molecule has 0 unspecified atom stereocenters. The van der Waals surface area contributed by atoms with Crippen LogP contribution in [0.15, 0.2) is 54.6 Å². The summed E-state index contributed by atoms with van der Waals surface area (Å²) in [6.45, 7) is 2.10. The molecule has 1 fully saturated rings. The van der Waals surface area contributed by atoms with Gasteiger partial charge in [0.05, 0.1) is 24.3 Å². The molecule has 0 bridgehead atoms. The highest BCUT2D eigenvalue weighted by molar-refractivity contribution is 5.32. The Bertz CT molecular complexity index is 741. The zero-order valence-electron chi connectivity index (χ0n) is 14.3. The fourth-order valence-corrected chi connectivity index (χ4v) is 3.76. The van der Waals surface area contributed by atoms with Crippen LogP contribution in [0.3, 0.4) is 0 Å². The van der Waals surface area contributed by atoms with E-state index < -0.39 is 11.5 Å². The Morgan fingerprint density at radius 1 is 1.12 bits per heavy atom. The van der Waals surface area contributed by atoms with Crippen molar-refractivity contribution < 1.29 is 10.2 Å². The van der Waals surface area contributed by atoms with Crippen LogP contribution in [0, 0.1) is 16.7 Å². The van der Waals surface area contributed by atoms with Crippen molar-refractivity contribution in [2.24, 2.45) is 5.41 Å². The molecular formula is C21H24N2O2. The molecular weight excluding hydrogens is 312 g/mol. The Morgan fingerprint density at radius 2 is 1.88 bits per heavy atom. The summed E-state index contributed by atoms with van der Waals surface area (Å²) in [6.07, 6.45) is 0.783. The normalized spacial score (nSPS) is 24.0. The van der Waals surface area contributed by atoms with Gasteiger partial charge in [0.2, 0.25) is 0 Å². The van der Waals surface area contributed by atoms with E-state index in [0.29, 0.717) is 24.9 Å². The van der Waals surface area contributed by atoms with E-state index >= 15 is 0 Å². The second-order valence-corrected chi connectivity index (χ2v) is 7.01. The standard InChI is InChI=1S/C21H24N2O2/c22-13-18-7-4-8-19(11-18)14-23-10-9-20(25)21(15-23,16-24)12-17-5-2-1-3-6-17/h1-8,11,20,24-25H,9-10,12,14-16H2/t20-,21+/m1/s1. The first kappa shape index (κ1) is 17.6. The zero-order chi connectivity index (χ0) is 17.7. The van der Waals surface area contributed by atoms with Gasteiger partial charge in [-0.3, -0.25) is 4.90 Å². The maximum absolute atomic E-state index is 10.6. The molecule has 0 aliphatic carbocycles. The molecule has 25 heavy (non-hydrogen) atoms. The first-order valence-corrected chi connectivity index (χ1v) is 8.69. The monoisotopic (exact) mass is 336 g/mol. The molecule has 1 aliphatic rings. The van der Waals surface area contributed by atoms with Gasteiger partial charge in [-0.2, -0.15) is 5.26 Å². The van der Waals surface area contributed by atoms with Gasteiger partial charge in [0.25, 0.3) is 0 Å². The lowest BCUT2D eigenvalue weighted by atomic mass is 9.73. The summed E-state index contributed by atoms with van der Waals surface area (Å²) in [5.41, 5.74) is 2.32. The average molecular weight is 336 g/mol. The molecule has 0 aromatic heterocycles. The second-order valence-electron chi connectivity index (χ2n) is 7.01. The average Bonchev–Trinajstić information content (AvgIpc) is 2.65. The number of hydrogen-bond donors (Lipinski definition) is 2. The lowest BCUT2D eigenvalue weighted by molar-refractivity contribution is -0.0768. The Morgan fingerprint density at radius 3 is 2.60 bits per heavy atom. The molecule has 4 heteroatoms. The van der Waals surface area contributed by atoms with E-state index in [0.717, 1.165) is 24.2 Å². The van der Waals surface area contributed by atoms with Gasteiger partial charge in [0.1, 0.15) is 0 Å². The van der Waals surface area contributed by atoms with Crippen molar-refractivity contribution in [1.82, 2.24) is 4.90 Å². The number of piperidine rings is 1. The second kappa shape index (κ2) is 7.79. The van der Waals surface area contributed by atoms with Gasteiger partial charge in [-0.1, -0.05) is 42.5 Å². The SMILES string of the molecule is N#Cc1cccc(CN2CC[C@@H](O)[C@@](CO)(Cc3ccccc3)C2)c1. The lowest BCUT2D eigenvalue weighted by Crippen LogP contribution is -2.54. The Kier molecular flexibility index (Phi) is 5.50. The quantitative estimate of drug-likeness (QED) is 0.879. The molecule has 130 valence electrons. The molecule has 2 aromatic carbocycles. The number of nitrogens with zero attached hydrogens (tertiary/aromatic N) is 2. The van der Waals surface area contributed by atoms with Crippen molar-refractivity contribution in [2.75, 3.05) is 19.7 Å². The third kappa shape index (κ3) is 4.08. The minimum absolute atomic E-state index is 0.0439. The van der Waals surface area contributed by atoms with Crippen molar-refractivity contribution in [3.8, 4) is 6.07 Å². The van der Waals surface area contributed by atoms with E-state index in [9.17, 15) is 10.2 Å². The predicted octanol–water partition coefficient (Wildman–Crippen LogP) is 2.35. The number of nitriles is 1. The minimum atomic E-state index is -0.549. The summed E-state index contributed by atoms with van der Waals surface area (Å²) < 4.78 is 0. The summed E-state index contributed by atoms with van der Waals surface area (Å²) in [4.78, 5) is 2.27. The van der Waals surface area contributed by atoms with Gasteiger partial charge in [-0.05, 0) is 36.1 Å². The van der Waals surface area contributed by atoms with Gasteiger partial charge in [0.15, 0.2) is 0 Å². The molecule has 1 aliphatic heterocycles. The Hall–Kier alpha value is -2.19. The zero-order valence-corrected chi connectivity index (χ0v) is 14.3. The molecule has 2 N–H and O–H groups in total. The number of benzene rings is 2. The third-order valence-corrected chi connectivity index (χ3v) is 5.14. The van der Waals surface area contributed by atoms with Crippen LogP contribution in [0.1, 0.15) is 23.1 Å². The molecule has 0 amide bonds. The summed E-state index contributed by atoms with van der Waals surface area (Å²) in [5.74, 6) is 0. The van der Waals surface area contributed by atoms with E-state index in [-0.39, 0.29) is 6.61 Å². The molecule has 2 atom stereocenters. The van der Waals surface area contributed by atoms with Crippen LogP contribution in [-0.2, 0) is 13.0 Å². The van der Waals surface area contributed by atoms with E-state index in [1.54, 1.807) is 6.07 Å². The predicted molar refractivity (Wildman–Crippen MR) is 96.7 cm³/mol. The molecule has 0 spiro atoms. The van der Waals surface area contributed by atoms with Crippen LogP contribution >= 0.6 is 0 Å². The number of hydrogen-bond acceptors (Lipinski definition) is 4. The summed E-state index contributed by atoms with van der Waals surface area (Å²) >= 11 is 0. The first-order chi connectivity index (χ1) is 12.1. The molecule has 1 heterocycles.